The summed E-state index contributed by atoms with van der Waals surface area (Å²) in [7, 11) is -2.50. The Bertz CT molecular complexity index is 1060. The molecule has 1 fully saturated rings. The first-order valence-electron chi connectivity index (χ1n) is 9.50. The highest BCUT2D eigenvalue weighted by atomic mass is 32.2. The maximum Gasteiger partial charge on any atom is 0.280 e. The average Bonchev–Trinajstić information content (AvgIpc) is 3.36. The molecule has 0 radical (unpaired) electrons. The van der Waals surface area contributed by atoms with Crippen LogP contribution in [0.15, 0.2) is 41.4 Å². The van der Waals surface area contributed by atoms with Crippen molar-refractivity contribution in [1.82, 2.24) is 14.6 Å². The first kappa shape index (κ1) is 20.5. The second-order valence-corrected chi connectivity index (χ2v) is 8.80. The van der Waals surface area contributed by atoms with E-state index in [9.17, 15) is 18.0 Å². The average molecular weight is 431 g/mol. The van der Waals surface area contributed by atoms with E-state index in [0.717, 1.165) is 17.7 Å². The molecule has 0 unspecified atom stereocenters. The van der Waals surface area contributed by atoms with Gasteiger partial charge in [-0.15, -0.1) is 0 Å². The van der Waals surface area contributed by atoms with Crippen LogP contribution in [0.3, 0.4) is 0 Å². The number of benzene rings is 1. The predicted molar refractivity (Wildman–Crippen MR) is 106 cm³/mol. The van der Waals surface area contributed by atoms with Gasteiger partial charge in [-0.3, -0.25) is 19.5 Å². The number of pyridine rings is 1. The number of hydrogen-bond acceptors (Lipinski definition) is 7. The maximum atomic E-state index is 12.9. The summed E-state index contributed by atoms with van der Waals surface area (Å²) in [5.74, 6) is -0.796. The molecule has 1 atom stereocenters. The van der Waals surface area contributed by atoms with Gasteiger partial charge in [0.05, 0.1) is 25.3 Å². The number of nitrogens with zero attached hydrogens (tertiary/aromatic N) is 2. The largest absolute Gasteiger partial charge is 0.495 e. The molecule has 9 nitrogen and oxygen atoms in total. The molecule has 158 valence electrons. The quantitative estimate of drug-likeness (QED) is 0.658. The molecule has 2 amide bonds. The Hall–Kier alpha value is -2.82. The maximum absolute atomic E-state index is 12.9. The van der Waals surface area contributed by atoms with E-state index in [1.165, 1.54) is 25.4 Å². The normalized spacial score (nSPS) is 18.7. The van der Waals surface area contributed by atoms with Crippen LogP contribution < -0.4 is 9.46 Å². The van der Waals surface area contributed by atoms with E-state index < -0.39 is 21.8 Å². The molecule has 0 saturated carbocycles. The van der Waals surface area contributed by atoms with Crippen molar-refractivity contribution in [3.8, 4) is 5.75 Å². The van der Waals surface area contributed by atoms with Gasteiger partial charge in [0.15, 0.2) is 0 Å². The minimum atomic E-state index is -3.88. The van der Waals surface area contributed by atoms with Crippen molar-refractivity contribution in [2.45, 2.75) is 30.4 Å². The van der Waals surface area contributed by atoms with Crippen molar-refractivity contribution >= 4 is 21.8 Å². The van der Waals surface area contributed by atoms with Gasteiger partial charge in [-0.1, -0.05) is 6.07 Å². The highest BCUT2D eigenvalue weighted by molar-refractivity contribution is 7.89. The van der Waals surface area contributed by atoms with Crippen LogP contribution in [-0.4, -0.2) is 56.5 Å². The van der Waals surface area contributed by atoms with E-state index >= 15 is 0 Å². The van der Waals surface area contributed by atoms with E-state index in [1.807, 2.05) is 0 Å². The molecule has 30 heavy (non-hydrogen) atoms. The van der Waals surface area contributed by atoms with Crippen molar-refractivity contribution in [2.75, 3.05) is 20.3 Å². The molecule has 0 bridgehead atoms. The molecule has 2 aromatic rings. The number of ether oxygens (including phenoxy) is 2. The number of amides is 2. The molecule has 2 aliphatic heterocycles. The minimum Gasteiger partial charge on any atom is -0.495 e. The lowest BCUT2D eigenvalue weighted by Crippen LogP contribution is -2.32. The summed E-state index contributed by atoms with van der Waals surface area (Å²) in [6.45, 7) is 0.715. The smallest absolute Gasteiger partial charge is 0.280 e. The van der Waals surface area contributed by atoms with Crippen molar-refractivity contribution in [3.63, 3.8) is 0 Å². The number of nitrogens with one attached hydrogen (secondary N) is 1. The number of fused-ring (bicyclic) bond motifs is 1. The van der Waals surface area contributed by atoms with Crippen LogP contribution in [0.4, 0.5) is 0 Å². The SMILES string of the molecule is COc1ccc(CN2C(=O)c3cccnc3C2=O)cc1S(=O)(=O)NC[C@@H]1CCCO1. The highest BCUT2D eigenvalue weighted by Gasteiger charge is 2.36. The standard InChI is InChI=1S/C20H21N3O6S/c1-28-16-7-6-13(10-17(16)30(26,27)22-11-14-4-3-9-29-14)12-23-19(24)15-5-2-8-21-18(15)20(23)25/h2,5-8,10,14,22H,3-4,9,11-12H2,1H3/t14-/m0/s1. The van der Waals surface area contributed by atoms with Gasteiger partial charge < -0.3 is 9.47 Å². The molecule has 1 saturated heterocycles. The zero-order valence-corrected chi connectivity index (χ0v) is 17.1. The Morgan fingerprint density at radius 1 is 1.27 bits per heavy atom. The van der Waals surface area contributed by atoms with E-state index in [-0.39, 0.29) is 41.1 Å². The minimum absolute atomic E-state index is 0.0600. The molecule has 3 heterocycles. The lowest BCUT2D eigenvalue weighted by molar-refractivity contribution is 0.0640. The van der Waals surface area contributed by atoms with Crippen LogP contribution in [-0.2, 0) is 21.3 Å². The van der Waals surface area contributed by atoms with Crippen LogP contribution in [0.2, 0.25) is 0 Å². The molecule has 10 heteroatoms. The first-order valence-corrected chi connectivity index (χ1v) is 11.0. The van der Waals surface area contributed by atoms with Crippen LogP contribution in [0.5, 0.6) is 5.75 Å². The number of carbonyl (C=O) groups is 2. The van der Waals surface area contributed by atoms with Gasteiger partial charge in [0.25, 0.3) is 11.8 Å². The molecule has 0 aliphatic carbocycles. The number of imide groups is 1. The van der Waals surface area contributed by atoms with E-state index in [4.69, 9.17) is 9.47 Å². The molecule has 1 aromatic heterocycles. The van der Waals surface area contributed by atoms with Gasteiger partial charge in [-0.2, -0.15) is 0 Å². The Morgan fingerprint density at radius 3 is 2.80 bits per heavy atom. The number of carbonyl (C=O) groups excluding carboxylic acids is 2. The number of aromatic nitrogens is 1. The molecule has 2 aliphatic rings. The Kier molecular flexibility index (Phi) is 5.54. The van der Waals surface area contributed by atoms with Gasteiger partial charge in [-0.25, -0.2) is 13.1 Å². The first-order chi connectivity index (χ1) is 14.4. The van der Waals surface area contributed by atoms with Crippen molar-refractivity contribution in [2.24, 2.45) is 0 Å². The van der Waals surface area contributed by atoms with Crippen molar-refractivity contribution in [1.29, 1.82) is 0 Å². The fourth-order valence-electron chi connectivity index (χ4n) is 3.56. The van der Waals surface area contributed by atoms with Gasteiger partial charge >= 0.3 is 0 Å². The summed E-state index contributed by atoms with van der Waals surface area (Å²) in [5, 5.41) is 0. The zero-order chi connectivity index (χ0) is 21.3. The molecule has 1 aromatic carbocycles. The Morgan fingerprint density at radius 2 is 2.10 bits per heavy atom. The number of hydrogen-bond donors (Lipinski definition) is 1. The number of methoxy groups -OCH3 is 1. The second kappa shape index (κ2) is 8.13. The zero-order valence-electron chi connectivity index (χ0n) is 16.3. The summed E-state index contributed by atoms with van der Waals surface area (Å²) in [5.41, 5.74) is 0.812. The third-order valence-corrected chi connectivity index (χ3v) is 6.56. The predicted octanol–water partition coefficient (Wildman–Crippen LogP) is 1.34. The molecular formula is C20H21N3O6S. The van der Waals surface area contributed by atoms with Crippen LogP contribution in [0, 0.1) is 0 Å². The summed E-state index contributed by atoms with van der Waals surface area (Å²) in [4.78, 5) is 30.1. The second-order valence-electron chi connectivity index (χ2n) is 7.07. The molecular weight excluding hydrogens is 410 g/mol. The van der Waals surface area contributed by atoms with Crippen LogP contribution in [0.25, 0.3) is 0 Å². The van der Waals surface area contributed by atoms with E-state index in [2.05, 4.69) is 9.71 Å². The highest BCUT2D eigenvalue weighted by Crippen LogP contribution is 2.28. The van der Waals surface area contributed by atoms with Crippen molar-refractivity contribution in [3.05, 3.63) is 53.3 Å². The van der Waals surface area contributed by atoms with Gasteiger partial charge in [0.1, 0.15) is 16.3 Å². The lowest BCUT2D eigenvalue weighted by Gasteiger charge is -2.17. The van der Waals surface area contributed by atoms with Crippen LogP contribution in [0.1, 0.15) is 39.3 Å². The van der Waals surface area contributed by atoms with Gasteiger partial charge in [-0.05, 0) is 42.7 Å². The number of sulfonamides is 1. The van der Waals surface area contributed by atoms with Crippen LogP contribution >= 0.6 is 0 Å². The summed E-state index contributed by atoms with van der Waals surface area (Å²) in [6, 6.07) is 7.67. The fourth-order valence-corrected chi connectivity index (χ4v) is 4.84. The third kappa shape index (κ3) is 3.81. The Labute approximate surface area is 174 Å². The lowest BCUT2D eigenvalue weighted by atomic mass is 10.2. The van der Waals surface area contributed by atoms with Gasteiger partial charge in [0, 0.05) is 19.3 Å². The fraction of sp³-hybridized carbons (Fsp3) is 0.350. The Balaban J connectivity index is 1.57. The summed E-state index contributed by atoms with van der Waals surface area (Å²) in [6.07, 6.45) is 3.00. The molecule has 0 spiro atoms. The monoisotopic (exact) mass is 431 g/mol. The van der Waals surface area contributed by atoms with E-state index in [1.54, 1.807) is 18.2 Å². The third-order valence-electron chi connectivity index (χ3n) is 5.11. The summed E-state index contributed by atoms with van der Waals surface area (Å²) < 4.78 is 39.0. The van der Waals surface area contributed by atoms with E-state index in [0.29, 0.717) is 12.2 Å². The van der Waals surface area contributed by atoms with Gasteiger partial charge in [0.2, 0.25) is 10.0 Å². The number of rotatable bonds is 7. The topological polar surface area (TPSA) is 115 Å². The summed E-state index contributed by atoms with van der Waals surface area (Å²) >= 11 is 0. The molecule has 1 N–H and O–H groups in total. The molecule has 4 rings (SSSR count). The van der Waals surface area contributed by atoms with Crippen molar-refractivity contribution < 1.29 is 27.5 Å².